The maximum Gasteiger partial charge on any atom is 0.273 e. The number of para-hydroxylation sites is 1. The molecule has 1 N–H and O–H groups in total. The molecule has 1 atom stereocenters. The van der Waals surface area contributed by atoms with Gasteiger partial charge in [0.05, 0.1) is 22.9 Å². The van der Waals surface area contributed by atoms with Crippen LogP contribution >= 0.6 is 11.6 Å². The average molecular weight is 406 g/mol. The van der Waals surface area contributed by atoms with Gasteiger partial charge in [-0.15, -0.1) is 5.10 Å². The molecule has 3 rings (SSSR count). The maximum absolute atomic E-state index is 14.1. The second kappa shape index (κ2) is 8.45. The fourth-order valence-electron chi connectivity index (χ4n) is 2.77. The monoisotopic (exact) mass is 405 g/mol. The van der Waals surface area contributed by atoms with Crippen molar-refractivity contribution in [3.8, 4) is 5.69 Å². The van der Waals surface area contributed by atoms with Crippen LogP contribution in [0.5, 0.6) is 0 Å². The van der Waals surface area contributed by atoms with Crippen LogP contribution in [-0.2, 0) is 0 Å². The van der Waals surface area contributed by atoms with Crippen molar-refractivity contribution in [3.05, 3.63) is 76.6 Å². The predicted molar refractivity (Wildman–Crippen MR) is 101 cm³/mol. The Labute approximate surface area is 165 Å². The Morgan fingerprint density at radius 1 is 1.18 bits per heavy atom. The van der Waals surface area contributed by atoms with Gasteiger partial charge in [-0.2, -0.15) is 0 Å². The lowest BCUT2D eigenvalue weighted by Crippen LogP contribution is -2.35. The zero-order valence-corrected chi connectivity index (χ0v) is 16.0. The number of rotatable bonds is 6. The normalized spacial score (nSPS) is 12.2. The van der Waals surface area contributed by atoms with E-state index >= 15 is 0 Å². The molecule has 2 aromatic carbocycles. The smallest absolute Gasteiger partial charge is 0.273 e. The molecule has 3 aromatic rings. The van der Waals surface area contributed by atoms with Gasteiger partial charge in [-0.25, -0.2) is 13.5 Å². The zero-order valence-electron chi connectivity index (χ0n) is 15.2. The number of aromatic nitrogens is 3. The lowest BCUT2D eigenvalue weighted by Gasteiger charge is -2.25. The number of amides is 1. The molecule has 0 spiro atoms. The molecule has 0 aliphatic carbocycles. The highest BCUT2D eigenvalue weighted by molar-refractivity contribution is 6.32. The molecule has 28 heavy (non-hydrogen) atoms. The second-order valence-electron chi connectivity index (χ2n) is 6.32. The van der Waals surface area contributed by atoms with E-state index in [4.69, 9.17) is 11.6 Å². The summed E-state index contributed by atoms with van der Waals surface area (Å²) < 4.78 is 29.6. The first-order valence-electron chi connectivity index (χ1n) is 8.44. The van der Waals surface area contributed by atoms with E-state index in [1.165, 1.54) is 29.1 Å². The number of halogens is 3. The second-order valence-corrected chi connectivity index (χ2v) is 6.73. The fraction of sp³-hybridized carbons (Fsp3) is 0.211. The molecule has 1 amide bonds. The summed E-state index contributed by atoms with van der Waals surface area (Å²) in [5, 5.41) is 10.9. The lowest BCUT2D eigenvalue weighted by molar-refractivity contribution is 0.0935. The van der Waals surface area contributed by atoms with Gasteiger partial charge in [0, 0.05) is 12.1 Å². The number of likely N-dealkylation sites (N-methyl/N-ethyl adjacent to an activating group) is 1. The van der Waals surface area contributed by atoms with Crippen LogP contribution in [0.4, 0.5) is 8.78 Å². The number of nitrogens with zero attached hydrogens (tertiary/aromatic N) is 4. The fourth-order valence-corrected chi connectivity index (χ4v) is 3.00. The molecule has 9 heteroatoms. The third-order valence-electron chi connectivity index (χ3n) is 4.24. The molecule has 6 nitrogen and oxygen atoms in total. The molecule has 0 saturated carbocycles. The zero-order chi connectivity index (χ0) is 20.3. The highest BCUT2D eigenvalue weighted by Gasteiger charge is 2.23. The van der Waals surface area contributed by atoms with E-state index in [1.54, 1.807) is 43.3 Å². The summed E-state index contributed by atoms with van der Waals surface area (Å²) in [5.41, 5.74) is 0.536. The molecule has 1 unspecified atom stereocenters. The standard InChI is InChI=1S/C19H18ClF2N5O/c1-26(2)17(18-13(21)7-5-8-14(18)22)10-23-19(28)15-11-27(25-24-15)16-9-4-3-6-12(16)20/h3-9,11,17H,10H2,1-2H3,(H,23,28). The van der Waals surface area contributed by atoms with E-state index in [0.29, 0.717) is 10.7 Å². The molecule has 0 saturated heterocycles. The van der Waals surface area contributed by atoms with Gasteiger partial charge < -0.3 is 10.2 Å². The van der Waals surface area contributed by atoms with Gasteiger partial charge in [0.2, 0.25) is 0 Å². The van der Waals surface area contributed by atoms with Crippen LogP contribution in [0, 0.1) is 11.6 Å². The summed E-state index contributed by atoms with van der Waals surface area (Å²) >= 11 is 6.12. The van der Waals surface area contributed by atoms with Crippen molar-refractivity contribution in [2.45, 2.75) is 6.04 Å². The Morgan fingerprint density at radius 3 is 2.50 bits per heavy atom. The highest BCUT2D eigenvalue weighted by atomic mass is 35.5. The van der Waals surface area contributed by atoms with Gasteiger partial charge in [-0.3, -0.25) is 4.79 Å². The van der Waals surface area contributed by atoms with Crippen molar-refractivity contribution in [3.63, 3.8) is 0 Å². The van der Waals surface area contributed by atoms with Crippen LogP contribution < -0.4 is 5.32 Å². The largest absolute Gasteiger partial charge is 0.349 e. The number of carbonyl (C=O) groups is 1. The number of hydrogen-bond donors (Lipinski definition) is 1. The van der Waals surface area contributed by atoms with Gasteiger partial charge in [0.25, 0.3) is 5.91 Å². The van der Waals surface area contributed by atoms with Gasteiger partial charge >= 0.3 is 0 Å². The minimum Gasteiger partial charge on any atom is -0.349 e. The van der Waals surface area contributed by atoms with Crippen molar-refractivity contribution in [1.29, 1.82) is 0 Å². The number of carbonyl (C=O) groups excluding carboxylic acids is 1. The summed E-state index contributed by atoms with van der Waals surface area (Å²) in [6, 6.07) is 9.98. The van der Waals surface area contributed by atoms with Crippen LogP contribution in [0.15, 0.2) is 48.7 Å². The Hall–Kier alpha value is -2.84. The SMILES string of the molecule is CN(C)C(CNC(=O)c1cn(-c2ccccc2Cl)nn1)c1c(F)cccc1F. The Morgan fingerprint density at radius 2 is 1.86 bits per heavy atom. The quantitative estimate of drug-likeness (QED) is 0.684. The molecule has 0 bridgehead atoms. The summed E-state index contributed by atoms with van der Waals surface area (Å²) in [7, 11) is 3.35. The Bertz CT molecular complexity index is 972. The van der Waals surface area contributed by atoms with Gasteiger partial charge in [0.1, 0.15) is 11.6 Å². The van der Waals surface area contributed by atoms with Crippen LogP contribution in [0.25, 0.3) is 5.69 Å². The average Bonchev–Trinajstić information content (AvgIpc) is 3.14. The van der Waals surface area contributed by atoms with Crippen molar-refractivity contribution in [1.82, 2.24) is 25.2 Å². The van der Waals surface area contributed by atoms with Gasteiger partial charge in [-0.1, -0.05) is 35.0 Å². The van der Waals surface area contributed by atoms with Crippen LogP contribution in [-0.4, -0.2) is 46.4 Å². The third kappa shape index (κ3) is 4.18. The molecule has 1 aromatic heterocycles. The van der Waals surface area contributed by atoms with E-state index in [0.717, 1.165) is 0 Å². The van der Waals surface area contributed by atoms with E-state index in [-0.39, 0.29) is 17.8 Å². The molecule has 1 heterocycles. The molecule has 146 valence electrons. The summed E-state index contributed by atoms with van der Waals surface area (Å²) in [5.74, 6) is -1.85. The van der Waals surface area contributed by atoms with Crippen molar-refractivity contribution in [2.75, 3.05) is 20.6 Å². The summed E-state index contributed by atoms with van der Waals surface area (Å²) in [6.45, 7) is -0.0113. The highest BCUT2D eigenvalue weighted by Crippen LogP contribution is 2.24. The Kier molecular flexibility index (Phi) is 6.01. The van der Waals surface area contributed by atoms with Crippen molar-refractivity contribution >= 4 is 17.5 Å². The van der Waals surface area contributed by atoms with E-state index in [9.17, 15) is 13.6 Å². The molecule has 0 aliphatic heterocycles. The van der Waals surface area contributed by atoms with Gasteiger partial charge in [-0.05, 0) is 38.4 Å². The summed E-state index contributed by atoms with van der Waals surface area (Å²) in [6.07, 6.45) is 1.44. The molecule has 0 radical (unpaired) electrons. The van der Waals surface area contributed by atoms with Crippen molar-refractivity contribution in [2.24, 2.45) is 0 Å². The van der Waals surface area contributed by atoms with Gasteiger partial charge in [0.15, 0.2) is 5.69 Å². The number of nitrogens with one attached hydrogen (secondary N) is 1. The minimum atomic E-state index is -0.691. The first-order chi connectivity index (χ1) is 13.4. The van der Waals surface area contributed by atoms with Crippen LogP contribution in [0.1, 0.15) is 22.1 Å². The minimum absolute atomic E-state index is 0.0113. The van der Waals surface area contributed by atoms with E-state index < -0.39 is 23.6 Å². The maximum atomic E-state index is 14.1. The Balaban J connectivity index is 1.75. The third-order valence-corrected chi connectivity index (χ3v) is 4.56. The van der Waals surface area contributed by atoms with Crippen molar-refractivity contribution < 1.29 is 13.6 Å². The first-order valence-corrected chi connectivity index (χ1v) is 8.82. The topological polar surface area (TPSA) is 63.1 Å². The van der Waals surface area contributed by atoms with Crippen LogP contribution in [0.3, 0.4) is 0 Å². The predicted octanol–water partition coefficient (Wildman–Crippen LogP) is 3.23. The van der Waals surface area contributed by atoms with E-state index in [1.807, 2.05) is 0 Å². The number of benzene rings is 2. The van der Waals surface area contributed by atoms with Crippen LogP contribution in [0.2, 0.25) is 5.02 Å². The lowest BCUT2D eigenvalue weighted by atomic mass is 10.0. The molecular formula is C19H18ClF2N5O. The summed E-state index contributed by atoms with van der Waals surface area (Å²) in [4.78, 5) is 14.1. The number of hydrogen-bond acceptors (Lipinski definition) is 4. The van der Waals surface area contributed by atoms with E-state index in [2.05, 4.69) is 15.6 Å². The molecule has 0 fully saturated rings. The first kappa shape index (κ1) is 19.9. The molecule has 0 aliphatic rings. The molecular weight excluding hydrogens is 388 g/mol.